The maximum Gasteiger partial charge on any atom is 0.0771 e. The van der Waals surface area contributed by atoms with Gasteiger partial charge in [0.1, 0.15) is 0 Å². The summed E-state index contributed by atoms with van der Waals surface area (Å²) in [5.41, 5.74) is 2.64. The summed E-state index contributed by atoms with van der Waals surface area (Å²) in [5.74, 6) is 0.451. The second kappa shape index (κ2) is 11.5. The van der Waals surface area contributed by atoms with Gasteiger partial charge in [0.15, 0.2) is 0 Å². The van der Waals surface area contributed by atoms with E-state index in [4.69, 9.17) is 4.74 Å². The van der Waals surface area contributed by atoms with Crippen molar-refractivity contribution < 1.29 is 4.74 Å². The second-order valence-electron chi connectivity index (χ2n) is 7.30. The lowest BCUT2D eigenvalue weighted by Gasteiger charge is -2.39. The van der Waals surface area contributed by atoms with Crippen LogP contribution in [0.5, 0.6) is 0 Å². The Morgan fingerprint density at radius 3 is 1.78 bits per heavy atom. The van der Waals surface area contributed by atoms with Crippen molar-refractivity contribution >= 4 is 0 Å². The summed E-state index contributed by atoms with van der Waals surface area (Å²) >= 11 is 0. The molecule has 0 radical (unpaired) electrons. The van der Waals surface area contributed by atoms with Crippen LogP contribution in [0.15, 0.2) is 86.0 Å². The predicted octanol–water partition coefficient (Wildman–Crippen LogP) is 5.86. The van der Waals surface area contributed by atoms with Gasteiger partial charge < -0.3 is 4.74 Å². The van der Waals surface area contributed by atoms with Gasteiger partial charge in [0, 0.05) is 19.1 Å². The summed E-state index contributed by atoms with van der Waals surface area (Å²) in [7, 11) is 0. The molecule has 0 amide bonds. The highest BCUT2D eigenvalue weighted by molar-refractivity contribution is 5.17. The molecule has 0 heterocycles. The van der Waals surface area contributed by atoms with Crippen LogP contribution in [-0.4, -0.2) is 23.7 Å². The van der Waals surface area contributed by atoms with Crippen LogP contribution >= 0.6 is 0 Å². The van der Waals surface area contributed by atoms with Crippen LogP contribution in [0.3, 0.4) is 0 Å². The molecule has 0 fully saturated rings. The first-order valence-electron chi connectivity index (χ1n) is 9.81. The Labute approximate surface area is 165 Å². The summed E-state index contributed by atoms with van der Waals surface area (Å²) in [5, 5.41) is 0. The minimum atomic E-state index is 0.0907. The van der Waals surface area contributed by atoms with Gasteiger partial charge in [-0.3, -0.25) is 4.90 Å². The van der Waals surface area contributed by atoms with Crippen LogP contribution in [-0.2, 0) is 17.8 Å². The molecule has 0 aliphatic carbocycles. The summed E-state index contributed by atoms with van der Waals surface area (Å²) < 4.78 is 6.18. The minimum Gasteiger partial charge on any atom is -0.372 e. The summed E-state index contributed by atoms with van der Waals surface area (Å²) in [4.78, 5) is 2.55. The largest absolute Gasteiger partial charge is 0.372 e. The van der Waals surface area contributed by atoms with Crippen molar-refractivity contribution in [2.24, 2.45) is 5.92 Å². The Morgan fingerprint density at radius 2 is 1.37 bits per heavy atom. The van der Waals surface area contributed by atoms with Crippen LogP contribution in [0.25, 0.3) is 0 Å². The van der Waals surface area contributed by atoms with Crippen LogP contribution in [0.4, 0.5) is 0 Å². The van der Waals surface area contributed by atoms with Crippen molar-refractivity contribution in [2.45, 2.75) is 45.5 Å². The third kappa shape index (κ3) is 6.82. The monoisotopic (exact) mass is 363 g/mol. The van der Waals surface area contributed by atoms with E-state index in [1.54, 1.807) is 0 Å². The zero-order valence-electron chi connectivity index (χ0n) is 16.8. The maximum atomic E-state index is 6.18. The van der Waals surface area contributed by atoms with Crippen molar-refractivity contribution in [3.05, 3.63) is 97.1 Å². The molecule has 2 heteroatoms. The summed E-state index contributed by atoms with van der Waals surface area (Å²) in [6.45, 7) is 14.7. The standard InChI is InChI=1S/C25H33NO/c1-5-13-24(27-18-6-2)25(21(3)4)26(19-22-14-9-7-10-15-22)20-23-16-11-8-12-17-23/h5-12,14-17,21,24-25H,1-2,13,18-20H2,3-4H3/t24?,25-/m0/s1. The molecule has 2 aromatic rings. The molecule has 27 heavy (non-hydrogen) atoms. The van der Waals surface area contributed by atoms with Gasteiger partial charge in [-0.05, 0) is 23.5 Å². The lowest BCUT2D eigenvalue weighted by Crippen LogP contribution is -2.47. The van der Waals surface area contributed by atoms with Crippen LogP contribution < -0.4 is 0 Å². The topological polar surface area (TPSA) is 12.5 Å². The average molecular weight is 364 g/mol. The third-order valence-electron chi connectivity index (χ3n) is 4.77. The van der Waals surface area contributed by atoms with Crippen molar-refractivity contribution in [2.75, 3.05) is 6.61 Å². The van der Waals surface area contributed by atoms with Gasteiger partial charge in [-0.1, -0.05) is 86.7 Å². The average Bonchev–Trinajstić information content (AvgIpc) is 2.67. The second-order valence-corrected chi connectivity index (χ2v) is 7.30. The molecule has 0 saturated carbocycles. The minimum absolute atomic E-state index is 0.0907. The van der Waals surface area contributed by atoms with E-state index in [0.29, 0.717) is 12.5 Å². The maximum absolute atomic E-state index is 6.18. The third-order valence-corrected chi connectivity index (χ3v) is 4.77. The lowest BCUT2D eigenvalue weighted by atomic mass is 9.93. The molecule has 0 aromatic heterocycles. The first-order chi connectivity index (χ1) is 13.2. The Hall–Kier alpha value is -2.16. The first-order valence-corrected chi connectivity index (χ1v) is 9.81. The number of hydrogen-bond acceptors (Lipinski definition) is 2. The van der Waals surface area contributed by atoms with E-state index in [2.05, 4.69) is 92.6 Å². The van der Waals surface area contributed by atoms with E-state index in [1.165, 1.54) is 11.1 Å². The molecule has 0 aliphatic heterocycles. The lowest BCUT2D eigenvalue weighted by molar-refractivity contribution is -0.0255. The van der Waals surface area contributed by atoms with Crippen LogP contribution in [0.1, 0.15) is 31.4 Å². The zero-order valence-corrected chi connectivity index (χ0v) is 16.8. The van der Waals surface area contributed by atoms with Gasteiger partial charge in [-0.15, -0.1) is 13.2 Å². The molecule has 2 nitrogen and oxygen atoms in total. The Kier molecular flexibility index (Phi) is 9.03. The first kappa shape index (κ1) is 21.1. The Balaban J connectivity index is 2.32. The van der Waals surface area contributed by atoms with Crippen molar-refractivity contribution in [1.29, 1.82) is 0 Å². The smallest absolute Gasteiger partial charge is 0.0771 e. The van der Waals surface area contributed by atoms with Gasteiger partial charge in [0.25, 0.3) is 0 Å². The molecular formula is C25H33NO. The van der Waals surface area contributed by atoms with E-state index in [-0.39, 0.29) is 12.1 Å². The number of benzene rings is 2. The fourth-order valence-electron chi connectivity index (χ4n) is 3.65. The molecule has 0 N–H and O–H groups in total. The number of ether oxygens (including phenoxy) is 1. The van der Waals surface area contributed by atoms with Gasteiger partial charge in [0.2, 0.25) is 0 Å². The molecule has 0 aliphatic rings. The molecule has 1 unspecified atom stereocenters. The van der Waals surface area contributed by atoms with E-state index < -0.39 is 0 Å². The van der Waals surface area contributed by atoms with Crippen molar-refractivity contribution in [3.8, 4) is 0 Å². The van der Waals surface area contributed by atoms with Gasteiger partial charge in [-0.2, -0.15) is 0 Å². The van der Waals surface area contributed by atoms with Crippen LogP contribution in [0, 0.1) is 5.92 Å². The highest BCUT2D eigenvalue weighted by Gasteiger charge is 2.30. The molecule has 0 bridgehead atoms. The predicted molar refractivity (Wildman–Crippen MR) is 116 cm³/mol. The Morgan fingerprint density at radius 1 is 0.852 bits per heavy atom. The van der Waals surface area contributed by atoms with E-state index in [0.717, 1.165) is 19.5 Å². The highest BCUT2D eigenvalue weighted by atomic mass is 16.5. The van der Waals surface area contributed by atoms with Crippen molar-refractivity contribution in [3.63, 3.8) is 0 Å². The fraction of sp³-hybridized carbons (Fsp3) is 0.360. The van der Waals surface area contributed by atoms with Gasteiger partial charge >= 0.3 is 0 Å². The van der Waals surface area contributed by atoms with Gasteiger partial charge in [-0.25, -0.2) is 0 Å². The number of nitrogens with zero attached hydrogens (tertiary/aromatic N) is 1. The molecule has 0 spiro atoms. The van der Waals surface area contributed by atoms with Gasteiger partial charge in [0.05, 0.1) is 12.7 Å². The molecule has 0 saturated heterocycles. The molecule has 2 atom stereocenters. The summed E-state index contributed by atoms with van der Waals surface area (Å²) in [6, 6.07) is 21.6. The van der Waals surface area contributed by atoms with E-state index >= 15 is 0 Å². The number of hydrogen-bond donors (Lipinski definition) is 0. The van der Waals surface area contributed by atoms with Crippen molar-refractivity contribution in [1.82, 2.24) is 4.90 Å². The number of rotatable bonds is 12. The zero-order chi connectivity index (χ0) is 19.5. The Bertz CT molecular complexity index is 624. The molecule has 2 rings (SSSR count). The SMILES string of the molecule is C=CCOC(CC=C)[C@H](C(C)C)N(Cc1ccccc1)Cc1ccccc1. The summed E-state index contributed by atoms with van der Waals surface area (Å²) in [6.07, 6.45) is 4.71. The molecule has 2 aromatic carbocycles. The highest BCUT2D eigenvalue weighted by Crippen LogP contribution is 2.24. The van der Waals surface area contributed by atoms with E-state index in [1.807, 2.05) is 12.2 Å². The van der Waals surface area contributed by atoms with Crippen LogP contribution in [0.2, 0.25) is 0 Å². The molecular weight excluding hydrogens is 330 g/mol. The molecule has 144 valence electrons. The normalized spacial score (nSPS) is 13.5. The van der Waals surface area contributed by atoms with E-state index in [9.17, 15) is 0 Å². The fourth-order valence-corrected chi connectivity index (χ4v) is 3.65. The quantitative estimate of drug-likeness (QED) is 0.438.